The Kier molecular flexibility index (Phi) is 9.90. The summed E-state index contributed by atoms with van der Waals surface area (Å²) in [5.41, 5.74) is 3.27. The fourth-order valence-electron chi connectivity index (χ4n) is 3.89. The second kappa shape index (κ2) is 13.4. The van der Waals surface area contributed by atoms with Crippen molar-refractivity contribution in [1.29, 1.82) is 0 Å². The topological polar surface area (TPSA) is 128 Å². The highest BCUT2D eigenvalue weighted by Crippen LogP contribution is 2.32. The van der Waals surface area contributed by atoms with E-state index in [9.17, 15) is 9.59 Å². The second-order valence-corrected chi connectivity index (χ2v) is 11.8. The Labute approximate surface area is 249 Å². The average molecular weight is 677 g/mol. The number of halogens is 1. The van der Waals surface area contributed by atoms with E-state index < -0.39 is 11.7 Å². The average Bonchev–Trinajstić information content (AvgIpc) is 3.54. The Morgan fingerprint density at radius 3 is 2.52 bits per heavy atom. The van der Waals surface area contributed by atoms with Crippen LogP contribution in [0.1, 0.15) is 50.9 Å². The number of aromatic nitrogens is 5. The molecular weight excluding hydrogens is 643 g/mol. The number of fused-ring (bicyclic) bond motifs is 1. The summed E-state index contributed by atoms with van der Waals surface area (Å²) in [4.78, 5) is 33.8. The Morgan fingerprint density at radius 1 is 1.07 bits per heavy atom. The van der Waals surface area contributed by atoms with Gasteiger partial charge in [-0.3, -0.25) is 13.4 Å². The van der Waals surface area contributed by atoms with Gasteiger partial charge in [-0.2, -0.15) is 10.1 Å². The minimum absolute atomic E-state index is 0.190. The standard InChI is InChI=1S/C27H33IN8O3S/c1-5-14-35-17-19(16-31-35)22-21-11-15-36(40-28)23(21)34-25(33-22)32-20-9-7-18(8-10-20)24(37)29-12-6-13-30-26(38)39-27(2,3)4/h7-11,15-17H,5-6,12-14H2,1-4H3,(H,29,37)(H,30,38)(H,32,33,34). The van der Waals surface area contributed by atoms with Crippen molar-refractivity contribution in [2.24, 2.45) is 0 Å². The van der Waals surface area contributed by atoms with Gasteiger partial charge in [0.05, 0.1) is 11.9 Å². The normalized spacial score (nSPS) is 11.4. The largest absolute Gasteiger partial charge is 0.444 e. The van der Waals surface area contributed by atoms with Gasteiger partial charge >= 0.3 is 6.09 Å². The number of amides is 2. The van der Waals surface area contributed by atoms with Crippen molar-refractivity contribution in [2.45, 2.75) is 52.7 Å². The van der Waals surface area contributed by atoms with Gasteiger partial charge < -0.3 is 20.7 Å². The summed E-state index contributed by atoms with van der Waals surface area (Å²) in [5, 5.41) is 14.2. The van der Waals surface area contributed by atoms with E-state index in [1.165, 1.54) is 9.12 Å². The Bertz CT molecular complexity index is 1460. The van der Waals surface area contributed by atoms with Crippen LogP contribution in [-0.4, -0.2) is 54.4 Å². The molecule has 0 saturated carbocycles. The number of benzene rings is 1. The molecule has 40 heavy (non-hydrogen) atoms. The molecule has 0 fully saturated rings. The predicted octanol–water partition coefficient (Wildman–Crippen LogP) is 5.94. The molecule has 212 valence electrons. The molecule has 3 heterocycles. The zero-order chi connectivity index (χ0) is 28.7. The lowest BCUT2D eigenvalue weighted by molar-refractivity contribution is 0.0527. The molecule has 0 aliphatic rings. The number of rotatable bonds is 11. The molecule has 0 spiro atoms. The molecule has 0 aliphatic carbocycles. The van der Waals surface area contributed by atoms with Crippen molar-refractivity contribution in [3.05, 3.63) is 54.5 Å². The molecule has 3 N–H and O–H groups in total. The maximum Gasteiger partial charge on any atom is 0.407 e. The van der Waals surface area contributed by atoms with Gasteiger partial charge in [-0.25, -0.2) is 9.78 Å². The van der Waals surface area contributed by atoms with E-state index in [1.54, 1.807) is 12.1 Å². The van der Waals surface area contributed by atoms with E-state index in [0.717, 1.165) is 40.9 Å². The van der Waals surface area contributed by atoms with Crippen LogP contribution in [0.5, 0.6) is 0 Å². The summed E-state index contributed by atoms with van der Waals surface area (Å²) in [6.07, 6.45) is 6.92. The number of ether oxygens (including phenoxy) is 1. The zero-order valence-electron chi connectivity index (χ0n) is 22.9. The van der Waals surface area contributed by atoms with Crippen LogP contribution in [0.4, 0.5) is 16.4 Å². The van der Waals surface area contributed by atoms with E-state index in [0.29, 0.717) is 31.0 Å². The molecule has 0 atom stereocenters. The van der Waals surface area contributed by atoms with Gasteiger partial charge in [0.1, 0.15) is 5.60 Å². The highest BCUT2D eigenvalue weighted by molar-refractivity contribution is 14.2. The first-order chi connectivity index (χ1) is 19.2. The van der Waals surface area contributed by atoms with Crippen LogP contribution in [0, 0.1) is 0 Å². The number of carbonyl (C=O) groups is 2. The fraction of sp³-hybridized carbons (Fsp3) is 0.370. The minimum atomic E-state index is -0.543. The van der Waals surface area contributed by atoms with Crippen molar-refractivity contribution in [3.8, 4) is 11.3 Å². The van der Waals surface area contributed by atoms with Gasteiger partial charge in [-0.05, 0) is 63.9 Å². The number of alkyl carbamates (subject to hydrolysis) is 1. The monoisotopic (exact) mass is 676 g/mol. The number of hydrogen-bond acceptors (Lipinski definition) is 8. The predicted molar refractivity (Wildman–Crippen MR) is 167 cm³/mol. The smallest absolute Gasteiger partial charge is 0.407 e. The maximum absolute atomic E-state index is 12.6. The van der Waals surface area contributed by atoms with Crippen LogP contribution in [0.15, 0.2) is 48.9 Å². The highest BCUT2D eigenvalue weighted by Gasteiger charge is 2.17. The molecule has 0 saturated heterocycles. The van der Waals surface area contributed by atoms with E-state index in [-0.39, 0.29) is 5.91 Å². The molecule has 1 aromatic carbocycles. The van der Waals surface area contributed by atoms with E-state index in [2.05, 4.69) is 49.2 Å². The third-order valence-corrected chi connectivity index (χ3v) is 7.37. The number of anilines is 2. The van der Waals surface area contributed by atoms with Crippen LogP contribution in [0.2, 0.25) is 0 Å². The molecule has 4 aromatic rings. The van der Waals surface area contributed by atoms with Crippen molar-refractivity contribution >= 4 is 65.0 Å². The van der Waals surface area contributed by atoms with E-state index >= 15 is 0 Å². The number of carbonyl (C=O) groups excluding carboxylic acids is 2. The van der Waals surface area contributed by atoms with Gasteiger partial charge in [0.15, 0.2) is 5.65 Å². The summed E-state index contributed by atoms with van der Waals surface area (Å²) in [7, 11) is 1.53. The number of aryl methyl sites for hydroxylation is 1. The van der Waals surface area contributed by atoms with Gasteiger partial charge in [-0.15, -0.1) is 0 Å². The van der Waals surface area contributed by atoms with Crippen LogP contribution in [0.3, 0.4) is 0 Å². The first kappa shape index (κ1) is 29.6. The molecule has 11 nitrogen and oxygen atoms in total. The molecule has 0 bridgehead atoms. The molecule has 13 heteroatoms. The van der Waals surface area contributed by atoms with E-state index in [1.807, 2.05) is 66.2 Å². The number of nitrogens with zero attached hydrogens (tertiary/aromatic N) is 5. The summed E-state index contributed by atoms with van der Waals surface area (Å²) >= 11 is 2.23. The lowest BCUT2D eigenvalue weighted by Gasteiger charge is -2.19. The number of hydrogen-bond donors (Lipinski definition) is 3. The van der Waals surface area contributed by atoms with Crippen LogP contribution in [0.25, 0.3) is 22.3 Å². The molecular formula is C27H33IN8O3S. The van der Waals surface area contributed by atoms with Gasteiger partial charge in [0.25, 0.3) is 5.91 Å². The fourth-order valence-corrected chi connectivity index (χ4v) is 5.16. The quantitative estimate of drug-likeness (QED) is 0.132. The summed E-state index contributed by atoms with van der Waals surface area (Å²) in [6, 6.07) is 9.13. The van der Waals surface area contributed by atoms with Crippen molar-refractivity contribution < 1.29 is 14.3 Å². The Morgan fingerprint density at radius 2 is 1.82 bits per heavy atom. The summed E-state index contributed by atoms with van der Waals surface area (Å²) in [6.45, 7) is 9.22. The Hall–Kier alpha value is -3.33. The van der Waals surface area contributed by atoms with Gasteiger partial charge in [-0.1, -0.05) is 6.92 Å². The van der Waals surface area contributed by atoms with Crippen LogP contribution in [-0.2, 0) is 11.3 Å². The highest BCUT2D eigenvalue weighted by atomic mass is 127. The lowest BCUT2D eigenvalue weighted by Crippen LogP contribution is -2.34. The third-order valence-electron chi connectivity index (χ3n) is 5.66. The minimum Gasteiger partial charge on any atom is -0.444 e. The third kappa shape index (κ3) is 7.87. The molecule has 2 amide bonds. The molecule has 0 radical (unpaired) electrons. The van der Waals surface area contributed by atoms with E-state index in [4.69, 9.17) is 14.7 Å². The lowest BCUT2D eigenvalue weighted by atomic mass is 10.2. The number of nitrogens with one attached hydrogen (secondary N) is 3. The molecule has 0 unspecified atom stereocenters. The first-order valence-corrected chi connectivity index (χ1v) is 16.3. The van der Waals surface area contributed by atoms with Gasteiger partial charge in [0.2, 0.25) is 5.95 Å². The van der Waals surface area contributed by atoms with Crippen LogP contribution >= 0.6 is 30.3 Å². The molecule has 3 aromatic heterocycles. The zero-order valence-corrected chi connectivity index (χ0v) is 25.9. The molecule has 0 aliphatic heterocycles. The Balaban J connectivity index is 1.39. The SMILES string of the molecule is CCCn1cc(-c2nc(Nc3ccc(C(=O)NCCCNC(=O)OC(C)(C)C)cc3)nc3c2ccn3SI)cn1. The summed E-state index contributed by atoms with van der Waals surface area (Å²) in [5.74, 6) is 0.260. The first-order valence-electron chi connectivity index (χ1n) is 13.0. The molecule has 4 rings (SSSR count). The second-order valence-electron chi connectivity index (χ2n) is 10.1. The maximum atomic E-state index is 12.6. The van der Waals surface area contributed by atoms with Gasteiger partial charge in [0, 0.05) is 84.6 Å². The summed E-state index contributed by atoms with van der Waals surface area (Å²) < 4.78 is 9.10. The van der Waals surface area contributed by atoms with Crippen molar-refractivity contribution in [2.75, 3.05) is 18.4 Å². The van der Waals surface area contributed by atoms with Crippen molar-refractivity contribution in [1.82, 2.24) is 34.4 Å². The van der Waals surface area contributed by atoms with Crippen LogP contribution < -0.4 is 16.0 Å². The van der Waals surface area contributed by atoms with Crippen molar-refractivity contribution in [3.63, 3.8) is 0 Å².